The van der Waals surface area contributed by atoms with Crippen LogP contribution in [-0.4, -0.2) is 22.4 Å². The first-order valence-corrected chi connectivity index (χ1v) is 6.14. The molecular weight excluding hydrogens is 250 g/mol. The second-order valence-corrected chi connectivity index (χ2v) is 4.42. The Balaban J connectivity index is 2.77. The minimum atomic E-state index is -0.290. The Morgan fingerprint density at radius 1 is 1.56 bits per heavy atom. The van der Waals surface area contributed by atoms with Crippen molar-refractivity contribution >= 4 is 17.5 Å². The Morgan fingerprint density at radius 2 is 2.28 bits per heavy atom. The van der Waals surface area contributed by atoms with Gasteiger partial charge in [-0.25, -0.2) is 9.97 Å². The molecule has 1 heterocycles. The molecule has 0 radical (unpaired) electrons. The largest absolute Gasteiger partial charge is 0.350 e. The first-order valence-electron chi connectivity index (χ1n) is 5.76. The number of halogens is 1. The summed E-state index contributed by atoms with van der Waals surface area (Å²) < 4.78 is 0. The van der Waals surface area contributed by atoms with Gasteiger partial charge in [0.2, 0.25) is 0 Å². The van der Waals surface area contributed by atoms with Crippen molar-refractivity contribution in [3.8, 4) is 11.8 Å². The van der Waals surface area contributed by atoms with E-state index >= 15 is 0 Å². The van der Waals surface area contributed by atoms with Crippen LogP contribution >= 0.6 is 11.6 Å². The second kappa shape index (κ2) is 6.97. The predicted molar refractivity (Wildman–Crippen MR) is 71.5 cm³/mol. The van der Waals surface area contributed by atoms with E-state index in [1.54, 1.807) is 6.92 Å². The van der Waals surface area contributed by atoms with Crippen LogP contribution in [-0.2, 0) is 0 Å². The Labute approximate surface area is 112 Å². The van der Waals surface area contributed by atoms with Crippen LogP contribution < -0.4 is 5.32 Å². The lowest BCUT2D eigenvalue weighted by Gasteiger charge is -2.08. The summed E-state index contributed by atoms with van der Waals surface area (Å²) in [4.78, 5) is 20.1. The molecular formula is C13H16ClN3O. The summed E-state index contributed by atoms with van der Waals surface area (Å²) in [7, 11) is 0. The molecule has 0 aliphatic rings. The molecule has 0 aromatic carbocycles. The van der Waals surface area contributed by atoms with E-state index in [0.717, 1.165) is 0 Å². The zero-order chi connectivity index (χ0) is 13.5. The van der Waals surface area contributed by atoms with E-state index in [4.69, 9.17) is 11.6 Å². The number of hydrogen-bond acceptors (Lipinski definition) is 3. The molecule has 1 amide bonds. The van der Waals surface area contributed by atoms with Crippen molar-refractivity contribution in [3.63, 3.8) is 0 Å². The van der Waals surface area contributed by atoms with Crippen molar-refractivity contribution in [1.29, 1.82) is 0 Å². The van der Waals surface area contributed by atoms with Gasteiger partial charge in [0.05, 0.1) is 11.2 Å². The molecule has 18 heavy (non-hydrogen) atoms. The van der Waals surface area contributed by atoms with Gasteiger partial charge in [0.1, 0.15) is 11.5 Å². The van der Waals surface area contributed by atoms with Gasteiger partial charge in [0.25, 0.3) is 5.91 Å². The quantitative estimate of drug-likeness (QED) is 0.672. The van der Waals surface area contributed by atoms with E-state index in [1.165, 1.54) is 6.20 Å². The number of carbonyl (C=O) groups is 1. The van der Waals surface area contributed by atoms with Gasteiger partial charge in [-0.1, -0.05) is 25.4 Å². The molecule has 4 nitrogen and oxygen atoms in total. The number of hydrogen-bond donors (Lipinski definition) is 1. The Kier molecular flexibility index (Phi) is 5.60. The first-order chi connectivity index (χ1) is 8.56. The molecule has 0 aliphatic heterocycles. The van der Waals surface area contributed by atoms with E-state index in [1.807, 2.05) is 13.8 Å². The summed E-state index contributed by atoms with van der Waals surface area (Å²) in [6.45, 7) is 6.17. The Morgan fingerprint density at radius 3 is 2.89 bits per heavy atom. The number of nitrogens with zero attached hydrogens (tertiary/aromatic N) is 2. The van der Waals surface area contributed by atoms with Crippen LogP contribution in [0.1, 0.15) is 49.4 Å². The van der Waals surface area contributed by atoms with E-state index in [9.17, 15) is 4.79 Å². The highest BCUT2D eigenvalue weighted by Crippen LogP contribution is 2.16. The lowest BCUT2D eigenvalue weighted by molar-refractivity contribution is 0.0949. The SMILES string of the molecule is CC#CCCNC(=O)c1nc(C(C)C)ncc1Cl. The maximum atomic E-state index is 11.9. The third-order valence-electron chi connectivity index (χ3n) is 2.21. The molecule has 1 aromatic heterocycles. The molecule has 0 spiro atoms. The summed E-state index contributed by atoms with van der Waals surface area (Å²) in [6, 6.07) is 0. The van der Waals surface area contributed by atoms with Gasteiger partial charge in [0, 0.05) is 18.9 Å². The van der Waals surface area contributed by atoms with Gasteiger partial charge in [-0.2, -0.15) is 0 Å². The molecule has 0 bridgehead atoms. The van der Waals surface area contributed by atoms with Crippen molar-refractivity contribution < 1.29 is 4.79 Å². The number of amides is 1. The Bertz CT molecular complexity index is 489. The molecule has 96 valence electrons. The lowest BCUT2D eigenvalue weighted by atomic mass is 10.2. The van der Waals surface area contributed by atoms with Crippen LogP contribution in [0.5, 0.6) is 0 Å². The smallest absolute Gasteiger partial charge is 0.271 e. The summed E-state index contributed by atoms with van der Waals surface area (Å²) in [5.41, 5.74) is 0.222. The number of carbonyl (C=O) groups excluding carboxylic acids is 1. The third-order valence-corrected chi connectivity index (χ3v) is 2.48. The maximum absolute atomic E-state index is 11.9. The highest BCUT2D eigenvalue weighted by molar-refractivity contribution is 6.33. The molecule has 5 heteroatoms. The topological polar surface area (TPSA) is 54.9 Å². The molecule has 0 saturated carbocycles. The van der Waals surface area contributed by atoms with Crippen LogP contribution in [0.2, 0.25) is 5.02 Å². The maximum Gasteiger partial charge on any atom is 0.271 e. The second-order valence-electron chi connectivity index (χ2n) is 4.01. The monoisotopic (exact) mass is 265 g/mol. The van der Waals surface area contributed by atoms with Gasteiger partial charge < -0.3 is 5.32 Å². The minimum absolute atomic E-state index is 0.153. The van der Waals surface area contributed by atoms with Crippen molar-refractivity contribution in [3.05, 3.63) is 22.7 Å². The van der Waals surface area contributed by atoms with Crippen molar-refractivity contribution in [2.24, 2.45) is 0 Å². The average Bonchev–Trinajstić information content (AvgIpc) is 2.34. The normalized spacial score (nSPS) is 9.83. The minimum Gasteiger partial charge on any atom is -0.350 e. The summed E-state index contributed by atoms with van der Waals surface area (Å²) in [5.74, 6) is 6.10. The zero-order valence-corrected chi connectivity index (χ0v) is 11.5. The highest BCUT2D eigenvalue weighted by atomic mass is 35.5. The van der Waals surface area contributed by atoms with Crippen LogP contribution in [0.25, 0.3) is 0 Å². The molecule has 0 saturated heterocycles. The fraction of sp³-hybridized carbons (Fsp3) is 0.462. The van der Waals surface area contributed by atoms with E-state index in [2.05, 4.69) is 27.1 Å². The predicted octanol–water partition coefficient (Wildman–Crippen LogP) is 2.40. The van der Waals surface area contributed by atoms with Crippen molar-refractivity contribution in [2.45, 2.75) is 33.1 Å². The molecule has 0 aliphatic carbocycles. The number of nitrogens with one attached hydrogen (secondary N) is 1. The van der Waals surface area contributed by atoms with Crippen LogP contribution in [0, 0.1) is 11.8 Å². The van der Waals surface area contributed by atoms with Crippen molar-refractivity contribution in [2.75, 3.05) is 6.54 Å². The van der Waals surface area contributed by atoms with Gasteiger partial charge in [0.15, 0.2) is 0 Å². The van der Waals surface area contributed by atoms with Gasteiger partial charge in [-0.3, -0.25) is 4.79 Å². The molecule has 1 aromatic rings. The lowest BCUT2D eigenvalue weighted by Crippen LogP contribution is -2.26. The van der Waals surface area contributed by atoms with Crippen LogP contribution in [0.4, 0.5) is 0 Å². The van der Waals surface area contributed by atoms with Gasteiger partial charge in [-0.15, -0.1) is 11.8 Å². The van der Waals surface area contributed by atoms with Crippen LogP contribution in [0.3, 0.4) is 0 Å². The standard InChI is InChI=1S/C13H16ClN3O/c1-4-5-6-7-15-13(18)11-10(14)8-16-12(17-11)9(2)3/h8-9H,6-7H2,1-3H3,(H,15,18). The molecule has 0 atom stereocenters. The summed E-state index contributed by atoms with van der Waals surface area (Å²) in [6.07, 6.45) is 2.08. The Hall–Kier alpha value is -1.60. The third kappa shape index (κ3) is 4.01. The molecule has 1 N–H and O–H groups in total. The van der Waals surface area contributed by atoms with Gasteiger partial charge >= 0.3 is 0 Å². The zero-order valence-electron chi connectivity index (χ0n) is 10.7. The highest BCUT2D eigenvalue weighted by Gasteiger charge is 2.14. The van der Waals surface area contributed by atoms with Gasteiger partial charge in [-0.05, 0) is 6.92 Å². The summed E-state index contributed by atoms with van der Waals surface area (Å²) >= 11 is 5.92. The fourth-order valence-electron chi connectivity index (χ4n) is 1.27. The van der Waals surface area contributed by atoms with Crippen molar-refractivity contribution in [1.82, 2.24) is 15.3 Å². The van der Waals surface area contributed by atoms with E-state index < -0.39 is 0 Å². The number of aromatic nitrogens is 2. The molecule has 0 fully saturated rings. The summed E-state index contributed by atoms with van der Waals surface area (Å²) in [5, 5.41) is 2.99. The van der Waals surface area contributed by atoms with E-state index in [-0.39, 0.29) is 22.5 Å². The van der Waals surface area contributed by atoms with E-state index in [0.29, 0.717) is 18.8 Å². The molecule has 0 unspecified atom stereocenters. The van der Waals surface area contributed by atoms with Crippen LogP contribution in [0.15, 0.2) is 6.20 Å². The first kappa shape index (κ1) is 14.5. The average molecular weight is 266 g/mol. The fourth-order valence-corrected chi connectivity index (χ4v) is 1.44. The molecule has 1 rings (SSSR count). The number of rotatable bonds is 4.